The van der Waals surface area contributed by atoms with Crippen molar-refractivity contribution in [2.24, 2.45) is 0 Å². The molecule has 2 rings (SSSR count). The Morgan fingerprint density at radius 2 is 1.68 bits per heavy atom. The summed E-state index contributed by atoms with van der Waals surface area (Å²) in [5, 5.41) is 0.718. The second-order valence-electron chi connectivity index (χ2n) is 6.20. The van der Waals surface area contributed by atoms with Gasteiger partial charge in [0.05, 0.1) is 11.7 Å². The van der Waals surface area contributed by atoms with Gasteiger partial charge in [-0.1, -0.05) is 29.8 Å². The van der Waals surface area contributed by atoms with E-state index in [-0.39, 0.29) is 10.8 Å². The van der Waals surface area contributed by atoms with Crippen LogP contribution >= 0.6 is 11.6 Å². The third-order valence-corrected chi connectivity index (χ3v) is 5.18. The summed E-state index contributed by atoms with van der Waals surface area (Å²) in [6.07, 6.45) is 1.83. The molecular weight excluding hydrogens is 316 g/mol. The maximum absolute atomic E-state index is 12.1. The lowest BCUT2D eigenvalue weighted by atomic mass is 10.1. The molecule has 0 saturated heterocycles. The molecule has 3 nitrogen and oxygen atoms in total. The second-order valence-corrected chi connectivity index (χ2v) is 8.63. The highest BCUT2D eigenvalue weighted by molar-refractivity contribution is 7.90. The summed E-state index contributed by atoms with van der Waals surface area (Å²) >= 11 is 4.78. The van der Waals surface area contributed by atoms with Crippen molar-refractivity contribution in [1.29, 1.82) is 0 Å². The Kier molecular flexibility index (Phi) is 5.50. The second kappa shape index (κ2) is 7.01. The van der Waals surface area contributed by atoms with Gasteiger partial charge in [0.25, 0.3) is 0 Å². The molecule has 0 bridgehead atoms. The number of hydrogen-bond acceptors (Lipinski definition) is 3. The Balaban J connectivity index is 2.10. The molecule has 0 aliphatic carbocycles. The smallest absolute Gasteiger partial charge is 0.136 e. The van der Waals surface area contributed by atoms with Crippen LogP contribution in [0.3, 0.4) is 0 Å². The zero-order chi connectivity index (χ0) is 16.3. The van der Waals surface area contributed by atoms with Crippen LogP contribution in [0.1, 0.15) is 39.4 Å². The predicted molar refractivity (Wildman–Crippen MR) is 94.1 cm³/mol. The average Bonchev–Trinajstić information content (AvgIpc) is 2.47. The van der Waals surface area contributed by atoms with E-state index in [0.29, 0.717) is 0 Å². The highest BCUT2D eigenvalue weighted by atomic mass is 35.5. The van der Waals surface area contributed by atoms with E-state index in [1.54, 1.807) is 0 Å². The van der Waals surface area contributed by atoms with Crippen LogP contribution in [0, 0.1) is 0 Å². The fourth-order valence-corrected chi connectivity index (χ4v) is 2.79. The van der Waals surface area contributed by atoms with Crippen molar-refractivity contribution in [3.05, 3.63) is 53.3 Å². The molecule has 0 aliphatic heterocycles. The number of aromatic nitrogens is 1. The first-order valence-electron chi connectivity index (χ1n) is 7.17. The molecule has 22 heavy (non-hydrogen) atoms. The van der Waals surface area contributed by atoms with E-state index in [1.165, 1.54) is 0 Å². The van der Waals surface area contributed by atoms with Crippen LogP contribution in [0.25, 0.3) is 11.1 Å². The van der Waals surface area contributed by atoms with Gasteiger partial charge in [-0.2, -0.15) is 0 Å². The molecule has 0 amide bonds. The topological polar surface area (TPSA) is 48.0 Å². The lowest BCUT2D eigenvalue weighted by Crippen LogP contribution is -2.40. The summed E-state index contributed by atoms with van der Waals surface area (Å²) < 4.78 is 14.9. The largest absolute Gasteiger partial charge is 0.598 e. The lowest BCUT2D eigenvalue weighted by Gasteiger charge is -2.26. The molecular formula is C17H21ClN2OS. The zero-order valence-electron chi connectivity index (χ0n) is 13.3. The lowest BCUT2D eigenvalue weighted by molar-refractivity contribution is 0.529. The Bertz CT molecular complexity index is 608. The molecule has 0 fully saturated rings. The van der Waals surface area contributed by atoms with E-state index in [0.717, 1.165) is 21.8 Å². The van der Waals surface area contributed by atoms with Crippen LogP contribution in [0.2, 0.25) is 5.02 Å². The molecule has 2 aromatic rings. The Labute approximate surface area is 140 Å². The standard InChI is InChI=1S/C17H21ClN2OS/c1-12(20-22(21)17(2,3)4)16-10-7-14(11-19-16)13-5-8-15(18)9-6-13/h5-12,20H,1-4H3/t12-,22?/m0/s1. The zero-order valence-corrected chi connectivity index (χ0v) is 14.8. The first kappa shape index (κ1) is 17.3. The van der Waals surface area contributed by atoms with Crippen LogP contribution in [0.15, 0.2) is 42.6 Å². The summed E-state index contributed by atoms with van der Waals surface area (Å²) in [6.45, 7) is 7.80. The van der Waals surface area contributed by atoms with Crippen molar-refractivity contribution in [3.63, 3.8) is 0 Å². The monoisotopic (exact) mass is 336 g/mol. The summed E-state index contributed by atoms with van der Waals surface area (Å²) in [6, 6.07) is 11.6. The summed E-state index contributed by atoms with van der Waals surface area (Å²) in [7, 11) is 0. The minimum atomic E-state index is -1.12. The maximum Gasteiger partial charge on any atom is 0.136 e. The van der Waals surface area contributed by atoms with Gasteiger partial charge in [-0.05, 0) is 51.5 Å². The number of benzene rings is 1. The van der Waals surface area contributed by atoms with Gasteiger partial charge in [0, 0.05) is 28.1 Å². The van der Waals surface area contributed by atoms with E-state index in [9.17, 15) is 4.55 Å². The molecule has 0 aliphatic rings. The van der Waals surface area contributed by atoms with E-state index in [4.69, 9.17) is 11.6 Å². The number of nitrogens with zero attached hydrogens (tertiary/aromatic N) is 1. The molecule has 118 valence electrons. The van der Waals surface area contributed by atoms with Gasteiger partial charge in [-0.15, -0.1) is 4.72 Å². The third-order valence-electron chi connectivity index (χ3n) is 3.25. The van der Waals surface area contributed by atoms with Gasteiger partial charge in [0.1, 0.15) is 4.75 Å². The number of nitrogens with one attached hydrogen (secondary N) is 1. The van der Waals surface area contributed by atoms with Crippen molar-refractivity contribution in [1.82, 2.24) is 9.71 Å². The molecule has 0 saturated carbocycles. The molecule has 0 spiro atoms. The minimum Gasteiger partial charge on any atom is -0.598 e. The normalized spacial score (nSPS) is 14.6. The summed E-state index contributed by atoms with van der Waals surface area (Å²) in [5.41, 5.74) is 2.97. The quantitative estimate of drug-likeness (QED) is 0.835. The molecule has 0 radical (unpaired) electrons. The van der Waals surface area contributed by atoms with E-state index < -0.39 is 11.4 Å². The van der Waals surface area contributed by atoms with Gasteiger partial charge in [0.2, 0.25) is 0 Å². The van der Waals surface area contributed by atoms with Gasteiger partial charge in [-0.25, -0.2) is 0 Å². The van der Waals surface area contributed by atoms with Gasteiger partial charge >= 0.3 is 0 Å². The number of hydrogen-bond donors (Lipinski definition) is 1. The van der Waals surface area contributed by atoms with Crippen molar-refractivity contribution in [2.75, 3.05) is 0 Å². The third kappa shape index (κ3) is 4.46. The summed E-state index contributed by atoms with van der Waals surface area (Å²) in [4.78, 5) is 4.48. The fourth-order valence-electron chi connectivity index (χ4n) is 1.87. The Morgan fingerprint density at radius 1 is 1.09 bits per heavy atom. The highest BCUT2D eigenvalue weighted by Crippen LogP contribution is 2.23. The van der Waals surface area contributed by atoms with E-state index >= 15 is 0 Å². The highest BCUT2D eigenvalue weighted by Gasteiger charge is 2.28. The molecule has 1 N–H and O–H groups in total. The van der Waals surface area contributed by atoms with Crippen LogP contribution in [0.4, 0.5) is 0 Å². The van der Waals surface area contributed by atoms with Gasteiger partial charge in [0.15, 0.2) is 0 Å². The fraction of sp³-hybridized carbons (Fsp3) is 0.353. The predicted octanol–water partition coefficient (Wildman–Crippen LogP) is 4.51. The molecule has 1 heterocycles. The van der Waals surface area contributed by atoms with E-state index in [2.05, 4.69) is 9.71 Å². The molecule has 1 aromatic heterocycles. The molecule has 5 heteroatoms. The van der Waals surface area contributed by atoms with Crippen molar-refractivity contribution in [3.8, 4) is 11.1 Å². The first-order chi connectivity index (χ1) is 10.3. The van der Waals surface area contributed by atoms with Gasteiger partial charge < -0.3 is 4.55 Å². The van der Waals surface area contributed by atoms with Crippen molar-refractivity contribution >= 4 is 23.0 Å². The molecule has 1 aromatic carbocycles. The van der Waals surface area contributed by atoms with Crippen LogP contribution in [-0.2, 0) is 11.4 Å². The number of pyridine rings is 1. The first-order valence-corrected chi connectivity index (χ1v) is 8.70. The molecule has 2 atom stereocenters. The number of rotatable bonds is 4. The molecule has 1 unspecified atom stereocenters. The SMILES string of the molecule is C[C@H](N[S+]([O-])C(C)(C)C)c1ccc(-c2ccc(Cl)cc2)cn1. The number of halogens is 1. The van der Waals surface area contributed by atoms with Gasteiger partial charge in [-0.3, -0.25) is 4.98 Å². The minimum absolute atomic E-state index is 0.0701. The van der Waals surface area contributed by atoms with E-state index in [1.807, 2.05) is 70.3 Å². The van der Waals surface area contributed by atoms with Crippen molar-refractivity contribution in [2.45, 2.75) is 38.5 Å². The average molecular weight is 337 g/mol. The van der Waals surface area contributed by atoms with Crippen LogP contribution in [-0.4, -0.2) is 14.3 Å². The summed E-state index contributed by atoms with van der Waals surface area (Å²) in [5.74, 6) is 0. The Hall–Kier alpha value is -1.07. The van der Waals surface area contributed by atoms with Crippen LogP contribution < -0.4 is 4.72 Å². The van der Waals surface area contributed by atoms with Crippen molar-refractivity contribution < 1.29 is 4.55 Å². The van der Waals surface area contributed by atoms with Crippen LogP contribution in [0.5, 0.6) is 0 Å². The Morgan fingerprint density at radius 3 is 2.18 bits per heavy atom. The maximum atomic E-state index is 12.1.